The number of nitrogens with zero attached hydrogens (tertiary/aromatic N) is 2. The van der Waals surface area contributed by atoms with E-state index in [-0.39, 0.29) is 28.9 Å². The topological polar surface area (TPSA) is 113 Å². The highest BCUT2D eigenvalue weighted by Crippen LogP contribution is 2.42. The van der Waals surface area contributed by atoms with E-state index in [1.165, 1.54) is 16.8 Å². The van der Waals surface area contributed by atoms with E-state index in [9.17, 15) is 19.4 Å². The first-order valence-electron chi connectivity index (χ1n) is 8.16. The number of carbonyl (C=O) groups is 1. The summed E-state index contributed by atoms with van der Waals surface area (Å²) in [6.45, 7) is -0.346. The van der Waals surface area contributed by atoms with Gasteiger partial charge in [-0.15, -0.1) is 0 Å². The maximum Gasteiger partial charge on any atom is 0.261 e. The van der Waals surface area contributed by atoms with Crippen LogP contribution in [0.3, 0.4) is 0 Å². The van der Waals surface area contributed by atoms with Gasteiger partial charge in [0.2, 0.25) is 0 Å². The summed E-state index contributed by atoms with van der Waals surface area (Å²) < 4.78 is 14.7. The molecular formula is C17H20ClFN4O3. The Labute approximate surface area is 154 Å². The number of rotatable bonds is 4. The maximum atomic E-state index is 13.3. The molecule has 26 heavy (non-hydrogen) atoms. The number of anilines is 2. The predicted molar refractivity (Wildman–Crippen MR) is 95.6 cm³/mol. The zero-order valence-electron chi connectivity index (χ0n) is 14.2. The van der Waals surface area contributed by atoms with Gasteiger partial charge >= 0.3 is 0 Å². The second-order valence-electron chi connectivity index (χ2n) is 6.67. The van der Waals surface area contributed by atoms with Gasteiger partial charge < -0.3 is 21.3 Å². The maximum absolute atomic E-state index is 13.3. The molecule has 1 saturated carbocycles. The van der Waals surface area contributed by atoms with Crippen molar-refractivity contribution in [3.05, 3.63) is 40.3 Å². The minimum atomic E-state index is -1.17. The first-order valence-corrected chi connectivity index (χ1v) is 8.54. The molecule has 7 nitrogen and oxygen atoms in total. The quantitative estimate of drug-likeness (QED) is 0.646. The Kier molecular flexibility index (Phi) is 4.92. The number of aliphatic hydroxyl groups excluding tert-OH is 1. The molecule has 0 spiro atoms. The third-order valence-electron chi connectivity index (χ3n) is 4.79. The van der Waals surface area contributed by atoms with E-state index in [0.717, 1.165) is 6.07 Å². The molecular weight excluding hydrogens is 363 g/mol. The van der Waals surface area contributed by atoms with E-state index in [4.69, 9.17) is 17.3 Å². The molecule has 1 amide bonds. The van der Waals surface area contributed by atoms with Crippen LogP contribution >= 0.6 is 11.6 Å². The number of nitrogen functional groups attached to an aromatic ring is 1. The SMILES string of the molecule is Cn1nc(C2CCC(O)(CO)C2)c(C(=O)Nc2ccc(F)c(Cl)c2)c1N. The molecule has 1 aromatic carbocycles. The second-order valence-corrected chi connectivity index (χ2v) is 7.08. The number of nitrogens with two attached hydrogens (primary N) is 1. The highest BCUT2D eigenvalue weighted by molar-refractivity contribution is 6.31. The fourth-order valence-corrected chi connectivity index (χ4v) is 3.51. The molecule has 1 aromatic heterocycles. The molecule has 1 fully saturated rings. The van der Waals surface area contributed by atoms with Gasteiger partial charge in [-0.05, 0) is 37.5 Å². The number of halogens is 2. The molecule has 2 unspecified atom stereocenters. The number of benzene rings is 1. The lowest BCUT2D eigenvalue weighted by Gasteiger charge is -2.19. The first-order chi connectivity index (χ1) is 12.2. The van der Waals surface area contributed by atoms with Gasteiger partial charge in [0.25, 0.3) is 5.91 Å². The van der Waals surface area contributed by atoms with Crippen molar-refractivity contribution in [3.8, 4) is 0 Å². The minimum Gasteiger partial charge on any atom is -0.393 e. The van der Waals surface area contributed by atoms with E-state index in [0.29, 0.717) is 30.6 Å². The molecule has 140 valence electrons. The fourth-order valence-electron chi connectivity index (χ4n) is 3.33. The Morgan fingerprint density at radius 2 is 2.31 bits per heavy atom. The van der Waals surface area contributed by atoms with Crippen molar-refractivity contribution in [1.29, 1.82) is 0 Å². The van der Waals surface area contributed by atoms with Gasteiger partial charge in [0.05, 0.1) is 22.9 Å². The fraction of sp³-hybridized carbons (Fsp3) is 0.412. The Morgan fingerprint density at radius 3 is 2.92 bits per heavy atom. The second kappa shape index (κ2) is 6.86. The number of hydrogen-bond acceptors (Lipinski definition) is 5. The van der Waals surface area contributed by atoms with Crippen molar-refractivity contribution in [2.24, 2.45) is 7.05 Å². The number of aromatic nitrogens is 2. The lowest BCUT2D eigenvalue weighted by Crippen LogP contribution is -2.29. The predicted octanol–water partition coefficient (Wildman–Crippen LogP) is 2.04. The van der Waals surface area contributed by atoms with Crippen LogP contribution < -0.4 is 11.1 Å². The average molecular weight is 383 g/mol. The molecule has 9 heteroatoms. The van der Waals surface area contributed by atoms with Crippen LogP contribution in [0.25, 0.3) is 0 Å². The summed E-state index contributed by atoms with van der Waals surface area (Å²) >= 11 is 5.74. The lowest BCUT2D eigenvalue weighted by atomic mass is 9.96. The van der Waals surface area contributed by atoms with E-state index in [1.54, 1.807) is 7.05 Å². The van der Waals surface area contributed by atoms with Crippen molar-refractivity contribution < 1.29 is 19.4 Å². The molecule has 0 radical (unpaired) electrons. The molecule has 0 bridgehead atoms. The summed E-state index contributed by atoms with van der Waals surface area (Å²) in [6, 6.07) is 3.86. The summed E-state index contributed by atoms with van der Waals surface area (Å²) in [5.41, 5.74) is 5.86. The molecule has 0 saturated heterocycles. The molecule has 2 aromatic rings. The lowest BCUT2D eigenvalue weighted by molar-refractivity contribution is -0.00926. The van der Waals surface area contributed by atoms with Crippen molar-refractivity contribution in [2.75, 3.05) is 17.7 Å². The van der Waals surface area contributed by atoms with Crippen LogP contribution in [0, 0.1) is 5.82 Å². The summed E-state index contributed by atoms with van der Waals surface area (Å²) in [7, 11) is 1.62. The van der Waals surface area contributed by atoms with Crippen molar-refractivity contribution in [2.45, 2.75) is 30.8 Å². The van der Waals surface area contributed by atoms with Crippen molar-refractivity contribution in [3.63, 3.8) is 0 Å². The highest BCUT2D eigenvalue weighted by atomic mass is 35.5. The minimum absolute atomic E-state index is 0.106. The van der Waals surface area contributed by atoms with Crippen LogP contribution in [-0.2, 0) is 7.05 Å². The van der Waals surface area contributed by atoms with Gasteiger partial charge in [-0.25, -0.2) is 4.39 Å². The zero-order chi connectivity index (χ0) is 19.1. The molecule has 0 aliphatic heterocycles. The highest BCUT2D eigenvalue weighted by Gasteiger charge is 2.40. The average Bonchev–Trinajstić information content (AvgIpc) is 3.13. The number of aryl methyl sites for hydroxylation is 1. The van der Waals surface area contributed by atoms with Gasteiger partial charge in [-0.3, -0.25) is 9.48 Å². The van der Waals surface area contributed by atoms with Crippen LogP contribution in [0.15, 0.2) is 18.2 Å². The largest absolute Gasteiger partial charge is 0.393 e. The van der Waals surface area contributed by atoms with Crippen LogP contribution in [0.1, 0.15) is 41.2 Å². The van der Waals surface area contributed by atoms with E-state index >= 15 is 0 Å². The Hall–Kier alpha value is -2.16. The van der Waals surface area contributed by atoms with Gasteiger partial charge in [0, 0.05) is 18.7 Å². The number of hydrogen-bond donors (Lipinski definition) is 4. The summed E-state index contributed by atoms with van der Waals surface area (Å²) in [6.07, 6.45) is 1.29. The third-order valence-corrected chi connectivity index (χ3v) is 5.08. The number of amides is 1. The molecule has 5 N–H and O–H groups in total. The smallest absolute Gasteiger partial charge is 0.261 e. The number of aliphatic hydroxyl groups is 2. The normalized spacial score (nSPS) is 22.6. The van der Waals surface area contributed by atoms with E-state index < -0.39 is 17.3 Å². The number of nitrogens with one attached hydrogen (secondary N) is 1. The Bertz CT molecular complexity index is 857. The van der Waals surface area contributed by atoms with Crippen LogP contribution in [0.4, 0.5) is 15.9 Å². The molecule has 1 heterocycles. The zero-order valence-corrected chi connectivity index (χ0v) is 14.9. The summed E-state index contributed by atoms with van der Waals surface area (Å²) in [5.74, 6) is -1.09. The number of carbonyl (C=O) groups excluding carboxylic acids is 1. The van der Waals surface area contributed by atoms with E-state index in [2.05, 4.69) is 10.4 Å². The van der Waals surface area contributed by atoms with Crippen molar-refractivity contribution in [1.82, 2.24) is 9.78 Å². The van der Waals surface area contributed by atoms with Gasteiger partial charge in [0.1, 0.15) is 17.2 Å². The Balaban J connectivity index is 1.89. The standard InChI is InChI=1S/C17H20ClFN4O3/c1-23-15(20)13(14(22-23)9-4-5-17(26,7-9)8-24)16(25)21-10-2-3-12(19)11(18)6-10/h2-3,6,9,24,26H,4-5,7-8,20H2,1H3,(H,21,25). The van der Waals surface area contributed by atoms with Gasteiger partial charge in [-0.1, -0.05) is 11.6 Å². The molecule has 2 atom stereocenters. The van der Waals surface area contributed by atoms with Crippen molar-refractivity contribution >= 4 is 29.0 Å². The van der Waals surface area contributed by atoms with Crippen LogP contribution in [0.5, 0.6) is 0 Å². The summed E-state index contributed by atoms with van der Waals surface area (Å²) in [5, 5.41) is 26.5. The van der Waals surface area contributed by atoms with E-state index in [1.807, 2.05) is 0 Å². The molecule has 3 rings (SSSR count). The monoisotopic (exact) mass is 382 g/mol. The van der Waals surface area contributed by atoms with Gasteiger partial charge in [0.15, 0.2) is 0 Å². The van der Waals surface area contributed by atoms with Gasteiger partial charge in [-0.2, -0.15) is 5.10 Å². The Morgan fingerprint density at radius 1 is 1.58 bits per heavy atom. The summed E-state index contributed by atoms with van der Waals surface area (Å²) in [4.78, 5) is 12.8. The van der Waals surface area contributed by atoms with Crippen LogP contribution in [0.2, 0.25) is 5.02 Å². The molecule has 1 aliphatic carbocycles. The molecule has 1 aliphatic rings. The van der Waals surface area contributed by atoms with Crippen LogP contribution in [-0.4, -0.2) is 38.1 Å². The third kappa shape index (κ3) is 3.40. The first kappa shape index (κ1) is 18.6.